The number of nitrogens with two attached hydrogens (primary N) is 1. The van der Waals surface area contributed by atoms with Crippen molar-refractivity contribution in [2.45, 2.75) is 26.4 Å². The summed E-state index contributed by atoms with van der Waals surface area (Å²) in [7, 11) is 0. The average molecular weight is 282 g/mol. The molecular formula is C19H26N2. The lowest BCUT2D eigenvalue weighted by Crippen LogP contribution is -2.28. The summed E-state index contributed by atoms with van der Waals surface area (Å²) in [5.74, 6) is 0.627. The van der Waals surface area contributed by atoms with E-state index in [1.54, 1.807) is 0 Å². The van der Waals surface area contributed by atoms with E-state index in [0.29, 0.717) is 5.92 Å². The molecule has 0 bridgehead atoms. The van der Waals surface area contributed by atoms with Crippen molar-refractivity contribution in [1.82, 2.24) is 4.90 Å². The van der Waals surface area contributed by atoms with Gasteiger partial charge in [-0.05, 0) is 30.0 Å². The van der Waals surface area contributed by atoms with Crippen LogP contribution in [0.1, 0.15) is 24.5 Å². The van der Waals surface area contributed by atoms with E-state index in [0.717, 1.165) is 32.6 Å². The zero-order valence-corrected chi connectivity index (χ0v) is 12.9. The molecule has 0 aliphatic heterocycles. The second-order valence-electron chi connectivity index (χ2n) is 5.82. The Kier molecular flexibility index (Phi) is 6.45. The summed E-state index contributed by atoms with van der Waals surface area (Å²) in [5, 5.41) is 0. The van der Waals surface area contributed by atoms with E-state index in [2.05, 4.69) is 72.5 Å². The van der Waals surface area contributed by atoms with Crippen molar-refractivity contribution in [1.29, 1.82) is 0 Å². The van der Waals surface area contributed by atoms with Crippen LogP contribution in [0.3, 0.4) is 0 Å². The third-order valence-electron chi connectivity index (χ3n) is 3.73. The molecule has 0 aliphatic carbocycles. The molecule has 0 heterocycles. The van der Waals surface area contributed by atoms with Crippen LogP contribution in [0.4, 0.5) is 0 Å². The molecule has 0 fully saturated rings. The van der Waals surface area contributed by atoms with Crippen LogP contribution in [0.15, 0.2) is 60.7 Å². The van der Waals surface area contributed by atoms with Gasteiger partial charge in [0.25, 0.3) is 0 Å². The number of benzene rings is 2. The number of rotatable bonds is 8. The molecule has 2 heteroatoms. The SMILES string of the molecule is CC(CCN)CN(Cc1ccccc1)Cc1ccccc1. The fraction of sp³-hybridized carbons (Fsp3) is 0.368. The molecule has 2 N–H and O–H groups in total. The minimum absolute atomic E-state index is 0.627. The molecule has 21 heavy (non-hydrogen) atoms. The molecule has 2 rings (SSSR count). The van der Waals surface area contributed by atoms with Gasteiger partial charge >= 0.3 is 0 Å². The molecule has 0 amide bonds. The second-order valence-corrected chi connectivity index (χ2v) is 5.82. The van der Waals surface area contributed by atoms with Gasteiger partial charge in [-0.15, -0.1) is 0 Å². The summed E-state index contributed by atoms with van der Waals surface area (Å²) >= 11 is 0. The predicted molar refractivity (Wildman–Crippen MR) is 89.8 cm³/mol. The van der Waals surface area contributed by atoms with Crippen LogP contribution >= 0.6 is 0 Å². The van der Waals surface area contributed by atoms with Gasteiger partial charge in [0.2, 0.25) is 0 Å². The van der Waals surface area contributed by atoms with E-state index in [4.69, 9.17) is 5.73 Å². The molecular weight excluding hydrogens is 256 g/mol. The lowest BCUT2D eigenvalue weighted by atomic mass is 10.1. The molecule has 0 spiro atoms. The van der Waals surface area contributed by atoms with Crippen LogP contribution in [0.25, 0.3) is 0 Å². The van der Waals surface area contributed by atoms with Crippen molar-refractivity contribution in [3.63, 3.8) is 0 Å². The number of hydrogen-bond acceptors (Lipinski definition) is 2. The molecule has 0 aromatic heterocycles. The average Bonchev–Trinajstić information content (AvgIpc) is 2.49. The first-order chi connectivity index (χ1) is 10.3. The van der Waals surface area contributed by atoms with Crippen molar-refractivity contribution in [3.8, 4) is 0 Å². The zero-order valence-electron chi connectivity index (χ0n) is 12.9. The lowest BCUT2D eigenvalue weighted by molar-refractivity contribution is 0.217. The van der Waals surface area contributed by atoms with Crippen LogP contribution < -0.4 is 5.73 Å². The summed E-state index contributed by atoms with van der Waals surface area (Å²) in [6, 6.07) is 21.4. The molecule has 2 nitrogen and oxygen atoms in total. The Bertz CT molecular complexity index is 454. The molecule has 0 radical (unpaired) electrons. The maximum absolute atomic E-state index is 5.69. The Morgan fingerprint density at radius 2 is 1.33 bits per heavy atom. The molecule has 1 unspecified atom stereocenters. The van der Waals surface area contributed by atoms with E-state index in [9.17, 15) is 0 Å². The maximum Gasteiger partial charge on any atom is 0.0237 e. The number of nitrogens with zero attached hydrogens (tertiary/aromatic N) is 1. The van der Waals surface area contributed by atoms with Crippen LogP contribution in [0.2, 0.25) is 0 Å². The minimum atomic E-state index is 0.627. The van der Waals surface area contributed by atoms with E-state index < -0.39 is 0 Å². The van der Waals surface area contributed by atoms with Crippen molar-refractivity contribution >= 4 is 0 Å². The highest BCUT2D eigenvalue weighted by molar-refractivity contribution is 5.17. The lowest BCUT2D eigenvalue weighted by Gasteiger charge is -2.26. The Labute approximate surface area is 128 Å². The Morgan fingerprint density at radius 1 is 0.857 bits per heavy atom. The third kappa shape index (κ3) is 5.70. The van der Waals surface area contributed by atoms with Crippen molar-refractivity contribution in [2.24, 2.45) is 11.7 Å². The van der Waals surface area contributed by atoms with Crippen LogP contribution in [-0.2, 0) is 13.1 Å². The highest BCUT2D eigenvalue weighted by Gasteiger charge is 2.11. The zero-order chi connectivity index (χ0) is 14.9. The van der Waals surface area contributed by atoms with Crippen LogP contribution in [0, 0.1) is 5.92 Å². The predicted octanol–water partition coefficient (Wildman–Crippen LogP) is 3.67. The fourth-order valence-corrected chi connectivity index (χ4v) is 2.68. The highest BCUT2D eigenvalue weighted by atomic mass is 15.1. The third-order valence-corrected chi connectivity index (χ3v) is 3.73. The Balaban J connectivity index is 2.02. The van der Waals surface area contributed by atoms with Gasteiger partial charge in [0.1, 0.15) is 0 Å². The van der Waals surface area contributed by atoms with E-state index in [1.807, 2.05) is 0 Å². The van der Waals surface area contributed by atoms with Crippen molar-refractivity contribution < 1.29 is 0 Å². The first kappa shape index (κ1) is 15.7. The largest absolute Gasteiger partial charge is 0.330 e. The first-order valence-electron chi connectivity index (χ1n) is 7.78. The van der Waals surface area contributed by atoms with Gasteiger partial charge in [0, 0.05) is 19.6 Å². The quantitative estimate of drug-likeness (QED) is 0.800. The van der Waals surface area contributed by atoms with Crippen molar-refractivity contribution in [3.05, 3.63) is 71.8 Å². The summed E-state index contributed by atoms with van der Waals surface area (Å²) in [4.78, 5) is 2.52. The topological polar surface area (TPSA) is 29.3 Å². The molecule has 1 atom stereocenters. The van der Waals surface area contributed by atoms with Crippen molar-refractivity contribution in [2.75, 3.05) is 13.1 Å². The van der Waals surface area contributed by atoms with E-state index in [1.165, 1.54) is 11.1 Å². The summed E-state index contributed by atoms with van der Waals surface area (Å²) in [6.45, 7) is 6.12. The molecule has 0 aliphatic rings. The molecule has 112 valence electrons. The minimum Gasteiger partial charge on any atom is -0.330 e. The Morgan fingerprint density at radius 3 is 1.76 bits per heavy atom. The standard InChI is InChI=1S/C19H26N2/c1-17(12-13-20)14-21(15-18-8-4-2-5-9-18)16-19-10-6-3-7-11-19/h2-11,17H,12-16,20H2,1H3. The fourth-order valence-electron chi connectivity index (χ4n) is 2.68. The Hall–Kier alpha value is -1.64. The van der Waals surface area contributed by atoms with Gasteiger partial charge in [-0.1, -0.05) is 67.6 Å². The van der Waals surface area contributed by atoms with E-state index in [-0.39, 0.29) is 0 Å². The summed E-state index contributed by atoms with van der Waals surface area (Å²) < 4.78 is 0. The molecule has 0 saturated carbocycles. The van der Waals surface area contributed by atoms with E-state index >= 15 is 0 Å². The second kappa shape index (κ2) is 8.60. The first-order valence-corrected chi connectivity index (χ1v) is 7.78. The summed E-state index contributed by atoms with van der Waals surface area (Å²) in [6.07, 6.45) is 1.08. The van der Waals surface area contributed by atoms with Crippen LogP contribution in [0.5, 0.6) is 0 Å². The monoisotopic (exact) mass is 282 g/mol. The van der Waals surface area contributed by atoms with Gasteiger partial charge in [0.05, 0.1) is 0 Å². The number of hydrogen-bond donors (Lipinski definition) is 1. The molecule has 0 saturated heterocycles. The molecule has 2 aromatic rings. The van der Waals surface area contributed by atoms with Gasteiger partial charge in [-0.2, -0.15) is 0 Å². The summed E-state index contributed by atoms with van der Waals surface area (Å²) in [5.41, 5.74) is 8.43. The van der Waals surface area contributed by atoms with Gasteiger partial charge in [-0.25, -0.2) is 0 Å². The maximum atomic E-state index is 5.69. The normalized spacial score (nSPS) is 12.5. The van der Waals surface area contributed by atoms with Gasteiger partial charge in [-0.3, -0.25) is 4.90 Å². The van der Waals surface area contributed by atoms with Gasteiger partial charge in [0.15, 0.2) is 0 Å². The van der Waals surface area contributed by atoms with Crippen LogP contribution in [-0.4, -0.2) is 18.0 Å². The van der Waals surface area contributed by atoms with Gasteiger partial charge < -0.3 is 5.73 Å². The molecule has 2 aromatic carbocycles. The highest BCUT2D eigenvalue weighted by Crippen LogP contribution is 2.13. The smallest absolute Gasteiger partial charge is 0.0237 e.